The maximum atomic E-state index is 14.1. The topological polar surface area (TPSA) is 163 Å². The van der Waals surface area contributed by atoms with Crippen LogP contribution in [-0.2, 0) is 16.4 Å². The number of hydrogen-bond acceptors (Lipinski definition) is 11. The van der Waals surface area contributed by atoms with Crippen LogP contribution in [0.5, 0.6) is 17.2 Å². The first-order valence-corrected chi connectivity index (χ1v) is 24.5. The molecule has 2 saturated heterocycles. The first-order chi connectivity index (χ1) is 31.2. The molecule has 5 heterocycles. The van der Waals surface area contributed by atoms with Crippen LogP contribution in [0.2, 0.25) is 5.02 Å². The molecule has 5 aromatic rings. The SMILES string of the molecule is CC1(C)CCC(CN2CCN(c3ccc(C(=O)NS(=O)(=O)c4cc5c(c([N+](=O)[O-])c4)C[C@H](CN4C[C@@H]6CC[C@H]4C6)CO5)c(Oc4cnc5[nH]ccc5c4)c3)CC2)=C(c2ccc(Cl)cc2)C1. The van der Waals surface area contributed by atoms with E-state index < -0.39 is 25.7 Å². The van der Waals surface area contributed by atoms with Gasteiger partial charge in [0, 0.05) is 98.3 Å². The van der Waals surface area contributed by atoms with Crippen molar-refractivity contribution in [3.05, 3.63) is 117 Å². The van der Waals surface area contributed by atoms with Crippen molar-refractivity contribution in [2.75, 3.05) is 57.3 Å². The Kier molecular flexibility index (Phi) is 11.6. The highest BCUT2D eigenvalue weighted by molar-refractivity contribution is 7.90. The van der Waals surface area contributed by atoms with E-state index in [0.717, 1.165) is 93.2 Å². The lowest BCUT2D eigenvalue weighted by molar-refractivity contribution is -0.386. The zero-order chi connectivity index (χ0) is 45.0. The van der Waals surface area contributed by atoms with Crippen molar-refractivity contribution in [1.82, 2.24) is 24.5 Å². The van der Waals surface area contributed by atoms with Crippen LogP contribution >= 0.6 is 11.6 Å². The van der Waals surface area contributed by atoms with E-state index in [9.17, 15) is 23.3 Å². The molecule has 5 aliphatic rings. The van der Waals surface area contributed by atoms with E-state index >= 15 is 0 Å². The summed E-state index contributed by atoms with van der Waals surface area (Å²) >= 11 is 6.25. The molecule has 1 amide bonds. The van der Waals surface area contributed by atoms with Gasteiger partial charge in [-0.05, 0) is 104 Å². The summed E-state index contributed by atoms with van der Waals surface area (Å²) < 4.78 is 42.5. The Labute approximate surface area is 384 Å². The molecule has 340 valence electrons. The molecule has 65 heavy (non-hydrogen) atoms. The van der Waals surface area contributed by atoms with Gasteiger partial charge in [-0.15, -0.1) is 0 Å². The van der Waals surface area contributed by atoms with E-state index in [1.54, 1.807) is 30.5 Å². The van der Waals surface area contributed by atoms with Crippen LogP contribution in [0.15, 0.2) is 89.6 Å². The quantitative estimate of drug-likeness (QED) is 0.0908. The first-order valence-electron chi connectivity index (χ1n) is 22.7. The summed E-state index contributed by atoms with van der Waals surface area (Å²) in [6.07, 6.45) is 10.6. The number of halogens is 1. The number of likely N-dealkylation sites (tertiary alicyclic amines) is 1. The minimum Gasteiger partial charge on any atom is -0.493 e. The van der Waals surface area contributed by atoms with Crippen molar-refractivity contribution in [3.8, 4) is 17.2 Å². The lowest BCUT2D eigenvalue weighted by Gasteiger charge is -2.39. The highest BCUT2D eigenvalue weighted by Crippen LogP contribution is 2.44. The van der Waals surface area contributed by atoms with Crippen molar-refractivity contribution < 1.29 is 27.6 Å². The van der Waals surface area contributed by atoms with Crippen LogP contribution in [0, 0.1) is 27.4 Å². The van der Waals surface area contributed by atoms with Gasteiger partial charge in [-0.1, -0.05) is 43.2 Å². The zero-order valence-corrected chi connectivity index (χ0v) is 38.3. The van der Waals surface area contributed by atoms with Crippen LogP contribution in [0.1, 0.15) is 73.9 Å². The number of fused-ring (bicyclic) bond motifs is 4. The summed E-state index contributed by atoms with van der Waals surface area (Å²) in [4.78, 5) is 40.2. The molecule has 3 aliphatic heterocycles. The molecule has 14 nitrogen and oxygen atoms in total. The minimum absolute atomic E-state index is 0.0332. The highest BCUT2D eigenvalue weighted by atomic mass is 35.5. The summed E-state index contributed by atoms with van der Waals surface area (Å²) in [7, 11) is -4.62. The van der Waals surface area contributed by atoms with Gasteiger partial charge in [0.05, 0.1) is 33.7 Å². The van der Waals surface area contributed by atoms with E-state index in [0.29, 0.717) is 36.0 Å². The van der Waals surface area contributed by atoms with Gasteiger partial charge in [0.1, 0.15) is 22.9 Å². The van der Waals surface area contributed by atoms with Gasteiger partial charge in [0.15, 0.2) is 0 Å². The van der Waals surface area contributed by atoms with Gasteiger partial charge in [-0.2, -0.15) is 0 Å². The number of allylic oxidation sites excluding steroid dienone is 1. The van der Waals surface area contributed by atoms with E-state index in [-0.39, 0.29) is 34.1 Å². The molecule has 0 spiro atoms. The molecule has 3 aromatic carbocycles. The number of carbonyl (C=O) groups is 1. The number of aromatic nitrogens is 2. The summed E-state index contributed by atoms with van der Waals surface area (Å²) in [6, 6.07) is 19.8. The third-order valence-electron chi connectivity index (χ3n) is 14.2. The molecule has 16 heteroatoms. The zero-order valence-electron chi connectivity index (χ0n) is 36.7. The molecule has 3 atom stereocenters. The lowest BCUT2D eigenvalue weighted by atomic mass is 9.72. The number of anilines is 1. The number of rotatable bonds is 12. The van der Waals surface area contributed by atoms with Crippen molar-refractivity contribution >= 4 is 55.5 Å². The normalized spacial score (nSPS) is 22.2. The van der Waals surface area contributed by atoms with Crippen molar-refractivity contribution in [1.29, 1.82) is 0 Å². The third-order valence-corrected chi connectivity index (χ3v) is 15.8. The number of nitrogens with zero attached hydrogens (tertiary/aromatic N) is 5. The molecule has 2 bridgehead atoms. The standard InChI is InChI=1S/C49H54ClN7O7S/c1-49(2)13-11-35(43(25-49)33-4-6-36(50)7-5-33)29-54-15-17-55(18-16-54)38-9-10-41(46(22-38)64-39-21-34-12-14-51-47(34)52-26-39)48(58)53-65(61,62)40-23-44(57(59)60)42-20-32(30-63-45(42)24-40)28-56-27-31-3-8-37(56)19-31/h4-7,9-10,12,14,21-24,26,31-32,37H,3,8,11,13,15-20,25,27-30H2,1-2H3,(H,51,52)(H,53,58)/t31-,32-,37+/m1/s1. The van der Waals surface area contributed by atoms with Crippen molar-refractivity contribution in [3.63, 3.8) is 0 Å². The second-order valence-corrected chi connectivity index (χ2v) is 21.5. The number of ether oxygens (including phenoxy) is 2. The van der Waals surface area contributed by atoms with Crippen LogP contribution in [-0.4, -0.2) is 97.5 Å². The smallest absolute Gasteiger partial charge is 0.277 e. The fourth-order valence-electron chi connectivity index (χ4n) is 10.7. The summed E-state index contributed by atoms with van der Waals surface area (Å²) in [5, 5.41) is 13.9. The monoisotopic (exact) mass is 919 g/mol. The number of piperidine rings is 1. The number of H-pyrrole nitrogens is 1. The number of piperazine rings is 1. The van der Waals surface area contributed by atoms with E-state index in [4.69, 9.17) is 21.1 Å². The molecular formula is C49H54ClN7O7S. The fraction of sp³-hybridized carbons (Fsp3) is 0.429. The van der Waals surface area contributed by atoms with Gasteiger partial charge in [0.25, 0.3) is 21.6 Å². The number of carbonyl (C=O) groups excluding carboxylic acids is 1. The third kappa shape index (κ3) is 9.20. The van der Waals surface area contributed by atoms with Gasteiger partial charge >= 0.3 is 0 Å². The largest absolute Gasteiger partial charge is 0.493 e. The molecule has 2 aliphatic carbocycles. The van der Waals surface area contributed by atoms with Gasteiger partial charge in [0.2, 0.25) is 0 Å². The van der Waals surface area contributed by atoms with E-state index in [1.165, 1.54) is 48.2 Å². The lowest BCUT2D eigenvalue weighted by Crippen LogP contribution is -2.47. The molecule has 2 N–H and O–H groups in total. The first kappa shape index (κ1) is 43.4. The molecule has 2 aromatic heterocycles. The van der Waals surface area contributed by atoms with Crippen LogP contribution in [0.4, 0.5) is 11.4 Å². The number of nitro groups is 1. The molecule has 0 radical (unpaired) electrons. The Bertz CT molecular complexity index is 2800. The van der Waals surface area contributed by atoms with E-state index in [2.05, 4.69) is 55.4 Å². The Morgan fingerprint density at radius 1 is 1.06 bits per heavy atom. The minimum atomic E-state index is -4.62. The molecule has 10 rings (SSSR count). The molecule has 1 saturated carbocycles. The number of hydrogen-bond donors (Lipinski definition) is 2. The van der Waals surface area contributed by atoms with Crippen LogP contribution < -0.4 is 19.1 Å². The van der Waals surface area contributed by atoms with Gasteiger partial charge in [-0.25, -0.2) is 18.1 Å². The van der Waals surface area contributed by atoms with Gasteiger partial charge < -0.3 is 19.4 Å². The highest BCUT2D eigenvalue weighted by Gasteiger charge is 2.40. The summed E-state index contributed by atoms with van der Waals surface area (Å²) in [6.45, 7) is 10.8. The predicted octanol–water partition coefficient (Wildman–Crippen LogP) is 8.86. The average molecular weight is 921 g/mol. The number of amides is 1. The number of aromatic amines is 1. The molecule has 3 fully saturated rings. The van der Waals surface area contributed by atoms with Crippen LogP contribution in [0.25, 0.3) is 16.6 Å². The Morgan fingerprint density at radius 3 is 2.63 bits per heavy atom. The second kappa shape index (κ2) is 17.4. The Hall–Kier alpha value is -5.48. The molecular weight excluding hydrogens is 866 g/mol. The van der Waals surface area contributed by atoms with Crippen molar-refractivity contribution in [2.24, 2.45) is 17.3 Å². The Morgan fingerprint density at radius 2 is 1.88 bits per heavy atom. The average Bonchev–Trinajstić information content (AvgIpc) is 4.05. The van der Waals surface area contributed by atoms with E-state index in [1.807, 2.05) is 18.2 Å². The maximum Gasteiger partial charge on any atom is 0.277 e. The number of benzene rings is 3. The predicted molar refractivity (Wildman–Crippen MR) is 250 cm³/mol. The number of nitrogens with one attached hydrogen (secondary N) is 2. The Balaban J connectivity index is 0.872. The number of sulfonamides is 1. The summed E-state index contributed by atoms with van der Waals surface area (Å²) in [5.74, 6) is 0.453. The fourth-order valence-corrected chi connectivity index (χ4v) is 11.9. The second-order valence-electron chi connectivity index (χ2n) is 19.3. The molecule has 0 unspecified atom stereocenters. The maximum absolute atomic E-state index is 14.1. The number of pyridine rings is 1. The van der Waals surface area contributed by atoms with Crippen molar-refractivity contribution in [2.45, 2.75) is 69.7 Å². The van der Waals surface area contributed by atoms with Gasteiger partial charge in [-0.3, -0.25) is 24.7 Å². The summed E-state index contributed by atoms with van der Waals surface area (Å²) in [5.41, 5.74) is 5.82. The number of nitro benzene ring substituents is 1. The van der Waals surface area contributed by atoms with Crippen LogP contribution in [0.3, 0.4) is 0 Å².